The van der Waals surface area contributed by atoms with E-state index in [1.54, 1.807) is 0 Å². The van der Waals surface area contributed by atoms with Gasteiger partial charge in [0.05, 0.1) is 0 Å². The fourth-order valence-electron chi connectivity index (χ4n) is 2.08. The monoisotopic (exact) mass is 204 g/mol. The lowest BCUT2D eigenvalue weighted by molar-refractivity contribution is 0.399. The molecule has 2 nitrogen and oxygen atoms in total. The maximum Gasteiger partial charge on any atom is 0.0366 e. The molecular formula is C13H20N2. The molecule has 1 fully saturated rings. The molecule has 1 aliphatic rings. The van der Waals surface area contributed by atoms with E-state index < -0.39 is 0 Å². The van der Waals surface area contributed by atoms with Crippen LogP contribution in [-0.4, -0.2) is 19.6 Å². The summed E-state index contributed by atoms with van der Waals surface area (Å²) in [7, 11) is 0. The molecule has 0 radical (unpaired) electrons. The summed E-state index contributed by atoms with van der Waals surface area (Å²) in [5.41, 5.74) is 8.22. The molecule has 1 heterocycles. The van der Waals surface area contributed by atoms with Crippen molar-refractivity contribution in [2.24, 2.45) is 11.7 Å². The van der Waals surface area contributed by atoms with Gasteiger partial charge in [-0.15, -0.1) is 0 Å². The van der Waals surface area contributed by atoms with Gasteiger partial charge in [0.25, 0.3) is 0 Å². The zero-order chi connectivity index (χ0) is 10.7. The van der Waals surface area contributed by atoms with Crippen molar-refractivity contribution < 1.29 is 0 Å². The van der Waals surface area contributed by atoms with E-state index in [1.165, 1.54) is 30.8 Å². The topological polar surface area (TPSA) is 29.3 Å². The van der Waals surface area contributed by atoms with E-state index in [4.69, 9.17) is 5.73 Å². The summed E-state index contributed by atoms with van der Waals surface area (Å²) in [5, 5.41) is 0. The van der Waals surface area contributed by atoms with Crippen LogP contribution in [0.25, 0.3) is 0 Å². The van der Waals surface area contributed by atoms with Crippen LogP contribution in [0.1, 0.15) is 18.9 Å². The minimum atomic E-state index is 0.737. The summed E-state index contributed by atoms with van der Waals surface area (Å²) in [6.07, 6.45) is 2.29. The lowest BCUT2D eigenvalue weighted by atomic mass is 9.96. The smallest absolute Gasteiger partial charge is 0.0366 e. The molecule has 0 spiro atoms. The lowest BCUT2D eigenvalue weighted by Crippen LogP contribution is -2.46. The van der Waals surface area contributed by atoms with E-state index >= 15 is 0 Å². The standard InChI is InChI=1S/C13H20N2/c1-2-11-9-15(10-11)13-5-3-12(4-6-13)7-8-14/h3-6,11H,2,7-10,14H2,1H3. The molecule has 0 saturated carbocycles. The predicted molar refractivity (Wildman–Crippen MR) is 65.2 cm³/mol. The van der Waals surface area contributed by atoms with Crippen molar-refractivity contribution in [1.82, 2.24) is 0 Å². The molecule has 0 amide bonds. The summed E-state index contributed by atoms with van der Waals surface area (Å²) in [6.45, 7) is 5.47. The number of hydrogen-bond acceptors (Lipinski definition) is 2. The molecule has 1 aliphatic heterocycles. The first-order valence-electron chi connectivity index (χ1n) is 5.87. The molecule has 2 N–H and O–H groups in total. The molecule has 1 saturated heterocycles. The van der Waals surface area contributed by atoms with Gasteiger partial charge in [-0.25, -0.2) is 0 Å². The Morgan fingerprint density at radius 3 is 2.47 bits per heavy atom. The van der Waals surface area contributed by atoms with Crippen molar-refractivity contribution in [2.75, 3.05) is 24.5 Å². The van der Waals surface area contributed by atoms with Gasteiger partial charge in [0.1, 0.15) is 0 Å². The minimum absolute atomic E-state index is 0.737. The van der Waals surface area contributed by atoms with Crippen LogP contribution in [0.15, 0.2) is 24.3 Å². The van der Waals surface area contributed by atoms with Crippen LogP contribution in [0, 0.1) is 5.92 Å². The van der Waals surface area contributed by atoms with Crippen molar-refractivity contribution >= 4 is 5.69 Å². The fraction of sp³-hybridized carbons (Fsp3) is 0.538. The Bertz CT molecular complexity index is 299. The number of benzene rings is 1. The second kappa shape index (κ2) is 4.67. The molecule has 1 aromatic rings. The van der Waals surface area contributed by atoms with Crippen LogP contribution in [0.5, 0.6) is 0 Å². The number of hydrogen-bond donors (Lipinski definition) is 1. The first kappa shape index (κ1) is 10.5. The van der Waals surface area contributed by atoms with Gasteiger partial charge in [0, 0.05) is 18.8 Å². The van der Waals surface area contributed by atoms with Gasteiger partial charge >= 0.3 is 0 Å². The molecule has 2 rings (SSSR count). The SMILES string of the molecule is CCC1CN(c2ccc(CCN)cc2)C1. The number of nitrogens with zero attached hydrogens (tertiary/aromatic N) is 1. The summed E-state index contributed by atoms with van der Waals surface area (Å²) in [5.74, 6) is 0.911. The van der Waals surface area contributed by atoms with E-state index in [2.05, 4.69) is 36.1 Å². The van der Waals surface area contributed by atoms with Crippen LogP contribution in [0.4, 0.5) is 5.69 Å². The number of anilines is 1. The quantitative estimate of drug-likeness (QED) is 0.813. The van der Waals surface area contributed by atoms with Gasteiger partial charge in [-0.2, -0.15) is 0 Å². The van der Waals surface area contributed by atoms with Crippen LogP contribution in [0.2, 0.25) is 0 Å². The van der Waals surface area contributed by atoms with E-state index in [-0.39, 0.29) is 0 Å². The predicted octanol–water partition coefficient (Wildman–Crippen LogP) is 2.03. The number of rotatable bonds is 4. The van der Waals surface area contributed by atoms with Gasteiger partial charge in [0.2, 0.25) is 0 Å². The van der Waals surface area contributed by atoms with E-state index in [1.807, 2.05) is 0 Å². The zero-order valence-electron chi connectivity index (χ0n) is 9.45. The van der Waals surface area contributed by atoms with Crippen molar-refractivity contribution in [3.8, 4) is 0 Å². The molecule has 0 aromatic heterocycles. The molecule has 15 heavy (non-hydrogen) atoms. The maximum atomic E-state index is 5.52. The van der Waals surface area contributed by atoms with Crippen LogP contribution in [0.3, 0.4) is 0 Å². The highest BCUT2D eigenvalue weighted by Crippen LogP contribution is 2.26. The van der Waals surface area contributed by atoms with Gasteiger partial charge in [-0.1, -0.05) is 19.1 Å². The third-order valence-electron chi connectivity index (χ3n) is 3.27. The Balaban J connectivity index is 1.93. The largest absolute Gasteiger partial charge is 0.371 e. The zero-order valence-corrected chi connectivity index (χ0v) is 9.45. The average Bonchev–Trinajstić information content (AvgIpc) is 2.19. The van der Waals surface area contributed by atoms with E-state index in [0.29, 0.717) is 0 Å². The van der Waals surface area contributed by atoms with Crippen molar-refractivity contribution in [2.45, 2.75) is 19.8 Å². The van der Waals surface area contributed by atoms with Gasteiger partial charge in [0.15, 0.2) is 0 Å². The second-order valence-corrected chi connectivity index (χ2v) is 4.38. The highest BCUT2D eigenvalue weighted by molar-refractivity contribution is 5.49. The van der Waals surface area contributed by atoms with Gasteiger partial charge in [-0.05, 0) is 43.0 Å². The Morgan fingerprint density at radius 2 is 1.93 bits per heavy atom. The summed E-state index contributed by atoms with van der Waals surface area (Å²) in [4.78, 5) is 2.44. The Labute approximate surface area is 92.1 Å². The molecule has 2 heteroatoms. The summed E-state index contributed by atoms with van der Waals surface area (Å²) < 4.78 is 0. The molecule has 82 valence electrons. The minimum Gasteiger partial charge on any atom is -0.371 e. The Kier molecular flexibility index (Phi) is 3.27. The Hall–Kier alpha value is -1.02. The third-order valence-corrected chi connectivity index (χ3v) is 3.27. The summed E-state index contributed by atoms with van der Waals surface area (Å²) in [6, 6.07) is 8.83. The van der Waals surface area contributed by atoms with Crippen LogP contribution in [-0.2, 0) is 6.42 Å². The van der Waals surface area contributed by atoms with Crippen LogP contribution < -0.4 is 10.6 Å². The van der Waals surface area contributed by atoms with Gasteiger partial charge in [-0.3, -0.25) is 0 Å². The molecule has 0 bridgehead atoms. The molecule has 0 atom stereocenters. The van der Waals surface area contributed by atoms with Crippen molar-refractivity contribution in [3.63, 3.8) is 0 Å². The first-order valence-corrected chi connectivity index (χ1v) is 5.87. The maximum absolute atomic E-state index is 5.52. The summed E-state index contributed by atoms with van der Waals surface area (Å²) >= 11 is 0. The number of nitrogens with two attached hydrogens (primary N) is 1. The van der Waals surface area contributed by atoms with E-state index in [0.717, 1.165) is 18.9 Å². The Morgan fingerprint density at radius 1 is 1.27 bits per heavy atom. The second-order valence-electron chi connectivity index (χ2n) is 4.38. The van der Waals surface area contributed by atoms with Gasteiger partial charge < -0.3 is 10.6 Å². The van der Waals surface area contributed by atoms with Crippen molar-refractivity contribution in [3.05, 3.63) is 29.8 Å². The van der Waals surface area contributed by atoms with E-state index in [9.17, 15) is 0 Å². The highest BCUT2D eigenvalue weighted by atomic mass is 15.2. The first-order chi connectivity index (χ1) is 7.33. The normalized spacial score (nSPS) is 16.5. The average molecular weight is 204 g/mol. The third kappa shape index (κ3) is 2.32. The molecular weight excluding hydrogens is 184 g/mol. The van der Waals surface area contributed by atoms with Crippen molar-refractivity contribution in [1.29, 1.82) is 0 Å². The lowest BCUT2D eigenvalue weighted by Gasteiger charge is -2.40. The van der Waals surface area contributed by atoms with Crippen LogP contribution >= 0.6 is 0 Å². The molecule has 0 aliphatic carbocycles. The fourth-order valence-corrected chi connectivity index (χ4v) is 2.08. The molecule has 0 unspecified atom stereocenters. The molecule has 1 aromatic carbocycles. The highest BCUT2D eigenvalue weighted by Gasteiger charge is 2.24.